The van der Waals surface area contributed by atoms with E-state index in [0.29, 0.717) is 0 Å². The first kappa shape index (κ1) is 40.9. The van der Waals surface area contributed by atoms with E-state index in [2.05, 4.69) is 0 Å². The van der Waals surface area contributed by atoms with Crippen LogP contribution in [0.4, 0.5) is 0 Å². The number of hydrogen-bond acceptors (Lipinski definition) is 14. The molecular formula is C28H48O14. The van der Waals surface area contributed by atoms with Crippen LogP contribution in [-0.2, 0) is 57.2 Å². The largest absolute Gasteiger partial charge is 0.466 e. The molecule has 0 saturated heterocycles. The van der Waals surface area contributed by atoms with E-state index in [1.54, 1.807) is 55.4 Å². The number of carbonyl (C=O) groups excluding carboxylic acids is 6. The van der Waals surface area contributed by atoms with Crippen LogP contribution < -0.4 is 0 Å². The van der Waals surface area contributed by atoms with Crippen LogP contribution in [0, 0.1) is 0 Å². The molecule has 0 rings (SSSR count). The fraction of sp³-hybridized carbons (Fsp3) is 0.786. The minimum atomic E-state index is -1.14. The molecule has 2 N–H and O–H groups in total. The molecule has 0 aromatic heterocycles. The van der Waals surface area contributed by atoms with Crippen LogP contribution in [0.2, 0.25) is 0 Å². The molecule has 0 aliphatic rings. The predicted octanol–water partition coefficient (Wildman–Crippen LogP) is 1.93. The number of ether oxygens (including phenoxy) is 6. The molecule has 42 heavy (non-hydrogen) atoms. The summed E-state index contributed by atoms with van der Waals surface area (Å²) in [7, 11) is 0. The van der Waals surface area contributed by atoms with Crippen LogP contribution in [0.5, 0.6) is 0 Å². The number of hydrogen-bond donors (Lipinski definition) is 2. The molecule has 0 radical (unpaired) electrons. The maximum Gasteiger partial charge on any atom is 0.418 e. The fourth-order valence-corrected chi connectivity index (χ4v) is 2.79. The lowest BCUT2D eigenvalue weighted by molar-refractivity contribution is -0.184. The standard InChI is InChI=1S/C16H26O8.C12H22O6/c1-11(17)21-9-7-15(3,4)23-13(19)14(20)24-16(5,6)8-10-22-12(2)18;1-11(2,5-7-13)17-9(15)10(16)18-12(3,4)6-8-14/h7-10H2,1-6H3;13-14H,5-8H2,1-4H3. The zero-order chi connectivity index (χ0) is 33.4. The van der Waals surface area contributed by atoms with Crippen molar-refractivity contribution < 1.29 is 67.4 Å². The predicted molar refractivity (Wildman–Crippen MR) is 147 cm³/mol. The van der Waals surface area contributed by atoms with Crippen molar-refractivity contribution in [3.05, 3.63) is 0 Å². The summed E-state index contributed by atoms with van der Waals surface area (Å²) in [5, 5.41) is 17.5. The van der Waals surface area contributed by atoms with Crippen molar-refractivity contribution in [1.29, 1.82) is 0 Å². The summed E-state index contributed by atoms with van der Waals surface area (Å²) >= 11 is 0. The summed E-state index contributed by atoms with van der Waals surface area (Å²) in [5.74, 6) is -5.34. The summed E-state index contributed by atoms with van der Waals surface area (Å²) in [6, 6.07) is 0. The molecule has 0 aromatic carbocycles. The zero-order valence-electron chi connectivity index (χ0n) is 26.5. The molecule has 0 aromatic rings. The van der Waals surface area contributed by atoms with Crippen molar-refractivity contribution in [1.82, 2.24) is 0 Å². The summed E-state index contributed by atoms with van der Waals surface area (Å²) in [4.78, 5) is 68.0. The Bertz CT molecular complexity index is 844. The number of aliphatic hydroxyl groups excluding tert-OH is 2. The Labute approximate surface area is 247 Å². The van der Waals surface area contributed by atoms with Gasteiger partial charge in [0.25, 0.3) is 0 Å². The van der Waals surface area contributed by atoms with Gasteiger partial charge in [0.2, 0.25) is 0 Å². The van der Waals surface area contributed by atoms with Crippen molar-refractivity contribution in [2.45, 2.75) is 117 Å². The third-order valence-electron chi connectivity index (χ3n) is 5.26. The van der Waals surface area contributed by atoms with Crippen LogP contribution in [0.1, 0.15) is 94.9 Å². The second kappa shape index (κ2) is 18.3. The van der Waals surface area contributed by atoms with Gasteiger partial charge in [-0.15, -0.1) is 0 Å². The summed E-state index contributed by atoms with van der Waals surface area (Å²) in [5.41, 5.74) is -3.83. The third kappa shape index (κ3) is 21.5. The highest BCUT2D eigenvalue weighted by molar-refractivity contribution is 6.30. The first-order valence-electron chi connectivity index (χ1n) is 13.4. The van der Waals surface area contributed by atoms with E-state index in [0.717, 1.165) is 0 Å². The lowest BCUT2D eigenvalue weighted by Crippen LogP contribution is -2.38. The summed E-state index contributed by atoms with van der Waals surface area (Å²) in [6.07, 6.45) is 0.932. The highest BCUT2D eigenvalue weighted by Crippen LogP contribution is 2.19. The van der Waals surface area contributed by atoms with Crippen molar-refractivity contribution in [3.63, 3.8) is 0 Å². The Kier molecular flexibility index (Phi) is 17.8. The van der Waals surface area contributed by atoms with Gasteiger partial charge in [0, 0.05) is 52.7 Å². The first-order valence-corrected chi connectivity index (χ1v) is 13.4. The smallest absolute Gasteiger partial charge is 0.418 e. The van der Waals surface area contributed by atoms with Gasteiger partial charge >= 0.3 is 35.8 Å². The normalized spacial score (nSPS) is 11.7. The van der Waals surface area contributed by atoms with Crippen LogP contribution >= 0.6 is 0 Å². The number of rotatable bonds is 14. The number of carbonyl (C=O) groups is 6. The first-order chi connectivity index (χ1) is 19.0. The van der Waals surface area contributed by atoms with Crippen molar-refractivity contribution in [3.8, 4) is 0 Å². The monoisotopic (exact) mass is 608 g/mol. The van der Waals surface area contributed by atoms with E-state index < -0.39 is 58.2 Å². The van der Waals surface area contributed by atoms with E-state index in [1.807, 2.05) is 0 Å². The van der Waals surface area contributed by atoms with Gasteiger partial charge in [-0.05, 0) is 55.4 Å². The lowest BCUT2D eigenvalue weighted by atomic mass is 10.1. The topological polar surface area (TPSA) is 198 Å². The number of esters is 6. The molecule has 244 valence electrons. The van der Waals surface area contributed by atoms with Crippen molar-refractivity contribution in [2.24, 2.45) is 0 Å². The summed E-state index contributed by atoms with van der Waals surface area (Å²) in [6.45, 7) is 15.1. The maximum absolute atomic E-state index is 11.8. The highest BCUT2D eigenvalue weighted by atomic mass is 16.6. The van der Waals surface area contributed by atoms with E-state index in [4.69, 9.17) is 38.6 Å². The molecule has 14 heteroatoms. The van der Waals surface area contributed by atoms with Crippen LogP contribution in [0.3, 0.4) is 0 Å². The van der Waals surface area contributed by atoms with Crippen LogP contribution in [0.15, 0.2) is 0 Å². The Hall–Kier alpha value is -3.26. The van der Waals surface area contributed by atoms with E-state index in [9.17, 15) is 28.8 Å². The molecule has 0 unspecified atom stereocenters. The van der Waals surface area contributed by atoms with Crippen molar-refractivity contribution >= 4 is 35.8 Å². The Morgan fingerprint density at radius 1 is 0.452 bits per heavy atom. The second-order valence-electron chi connectivity index (χ2n) is 11.7. The molecule has 0 fully saturated rings. The molecule has 0 saturated carbocycles. The SMILES string of the molecule is CC(=O)OCCC(C)(C)OC(=O)C(=O)OC(C)(C)CCOC(C)=O.CC(C)(CCO)OC(=O)C(=O)OC(C)(C)CCO. The van der Waals surface area contributed by atoms with E-state index >= 15 is 0 Å². The van der Waals surface area contributed by atoms with Gasteiger partial charge in [0.1, 0.15) is 22.4 Å². The minimum absolute atomic E-state index is 0.0680. The minimum Gasteiger partial charge on any atom is -0.466 e. The third-order valence-corrected chi connectivity index (χ3v) is 5.26. The van der Waals surface area contributed by atoms with E-state index in [1.165, 1.54) is 13.8 Å². The quantitative estimate of drug-likeness (QED) is 0.165. The second-order valence-corrected chi connectivity index (χ2v) is 11.7. The Balaban J connectivity index is 0. The average Bonchev–Trinajstić information content (AvgIpc) is 2.77. The van der Waals surface area contributed by atoms with Gasteiger partial charge in [-0.3, -0.25) is 9.59 Å². The van der Waals surface area contributed by atoms with Gasteiger partial charge in [0.15, 0.2) is 0 Å². The average molecular weight is 609 g/mol. The van der Waals surface area contributed by atoms with Crippen molar-refractivity contribution in [2.75, 3.05) is 26.4 Å². The van der Waals surface area contributed by atoms with Gasteiger partial charge in [-0.2, -0.15) is 0 Å². The molecule has 0 aliphatic heterocycles. The fourth-order valence-electron chi connectivity index (χ4n) is 2.79. The molecule has 0 atom stereocenters. The van der Waals surface area contributed by atoms with Gasteiger partial charge in [-0.25, -0.2) is 19.2 Å². The van der Waals surface area contributed by atoms with Crippen LogP contribution in [-0.4, -0.2) is 94.9 Å². The van der Waals surface area contributed by atoms with Gasteiger partial charge in [0.05, 0.1) is 13.2 Å². The summed E-state index contributed by atoms with van der Waals surface area (Å²) < 4.78 is 29.6. The van der Waals surface area contributed by atoms with Gasteiger partial charge in [-0.1, -0.05) is 0 Å². The molecule has 0 heterocycles. The lowest BCUT2D eigenvalue weighted by Gasteiger charge is -2.27. The molecule has 0 spiro atoms. The molecular weight excluding hydrogens is 560 g/mol. The van der Waals surface area contributed by atoms with E-state index in [-0.39, 0.29) is 52.1 Å². The highest BCUT2D eigenvalue weighted by Gasteiger charge is 2.33. The Morgan fingerprint density at radius 3 is 0.857 bits per heavy atom. The molecule has 0 amide bonds. The number of aliphatic hydroxyl groups is 2. The maximum atomic E-state index is 11.8. The molecule has 0 aliphatic carbocycles. The molecule has 0 bridgehead atoms. The molecule has 14 nitrogen and oxygen atoms in total. The zero-order valence-corrected chi connectivity index (χ0v) is 26.5. The van der Waals surface area contributed by atoms with Crippen LogP contribution in [0.25, 0.3) is 0 Å². The Morgan fingerprint density at radius 2 is 0.667 bits per heavy atom. The van der Waals surface area contributed by atoms with Gasteiger partial charge < -0.3 is 38.6 Å².